The summed E-state index contributed by atoms with van der Waals surface area (Å²) in [6, 6.07) is 0. The molecular formula is C13H22O4. The smallest absolute Gasteiger partial charge is 0.165 e. The van der Waals surface area contributed by atoms with Gasteiger partial charge < -0.3 is 14.3 Å². The van der Waals surface area contributed by atoms with Gasteiger partial charge in [0.15, 0.2) is 5.79 Å². The summed E-state index contributed by atoms with van der Waals surface area (Å²) in [5.41, 5.74) is 0. The fourth-order valence-electron chi connectivity index (χ4n) is 2.17. The van der Waals surface area contributed by atoms with Gasteiger partial charge in [0, 0.05) is 18.8 Å². The zero-order chi connectivity index (χ0) is 12.9. The number of Topliss-reactive ketones (excluding diaryl/α,β-unsaturated/α-hetero) is 2. The molecule has 4 heteroatoms. The first-order chi connectivity index (χ1) is 7.93. The van der Waals surface area contributed by atoms with Crippen molar-refractivity contribution in [1.29, 1.82) is 0 Å². The van der Waals surface area contributed by atoms with E-state index in [2.05, 4.69) is 0 Å². The van der Waals surface area contributed by atoms with Crippen molar-refractivity contribution in [2.24, 2.45) is 5.92 Å². The molecule has 1 saturated heterocycles. The van der Waals surface area contributed by atoms with E-state index in [4.69, 9.17) is 9.47 Å². The summed E-state index contributed by atoms with van der Waals surface area (Å²) in [6.07, 6.45) is 2.70. The van der Waals surface area contributed by atoms with Gasteiger partial charge in [-0.2, -0.15) is 0 Å². The first-order valence-electron chi connectivity index (χ1n) is 6.21. The van der Waals surface area contributed by atoms with Crippen LogP contribution in [-0.2, 0) is 19.1 Å². The van der Waals surface area contributed by atoms with Crippen molar-refractivity contribution in [3.8, 4) is 0 Å². The van der Waals surface area contributed by atoms with E-state index < -0.39 is 5.79 Å². The van der Waals surface area contributed by atoms with Gasteiger partial charge in [-0.1, -0.05) is 0 Å². The van der Waals surface area contributed by atoms with E-state index in [-0.39, 0.29) is 17.5 Å². The molecule has 1 fully saturated rings. The predicted octanol–water partition coefficient (Wildman–Crippen LogP) is 2.10. The largest absolute Gasteiger partial charge is 0.348 e. The molecule has 0 aromatic heterocycles. The second-order valence-corrected chi connectivity index (χ2v) is 4.94. The summed E-state index contributed by atoms with van der Waals surface area (Å²) < 4.78 is 11.0. The van der Waals surface area contributed by atoms with Crippen molar-refractivity contribution < 1.29 is 19.1 Å². The molecule has 0 N–H and O–H groups in total. The Kier molecular flexibility index (Phi) is 5.28. The van der Waals surface area contributed by atoms with Crippen LogP contribution < -0.4 is 0 Å². The highest BCUT2D eigenvalue weighted by Gasteiger charge is 2.30. The van der Waals surface area contributed by atoms with Crippen LogP contribution in [0.3, 0.4) is 0 Å². The summed E-state index contributed by atoms with van der Waals surface area (Å²) in [7, 11) is 0. The summed E-state index contributed by atoms with van der Waals surface area (Å²) >= 11 is 0. The Hall–Kier alpha value is -0.740. The Labute approximate surface area is 103 Å². The molecule has 0 bridgehead atoms. The molecule has 1 rings (SSSR count). The van der Waals surface area contributed by atoms with Gasteiger partial charge in [0.2, 0.25) is 0 Å². The maximum Gasteiger partial charge on any atom is 0.165 e. The van der Waals surface area contributed by atoms with E-state index in [9.17, 15) is 9.59 Å². The molecule has 98 valence electrons. The molecular weight excluding hydrogens is 220 g/mol. The van der Waals surface area contributed by atoms with E-state index >= 15 is 0 Å². The average molecular weight is 242 g/mol. The number of rotatable bonds is 7. The van der Waals surface area contributed by atoms with Crippen molar-refractivity contribution in [1.82, 2.24) is 0 Å². The van der Waals surface area contributed by atoms with E-state index in [0.29, 0.717) is 19.6 Å². The third-order valence-corrected chi connectivity index (χ3v) is 3.19. The quantitative estimate of drug-likeness (QED) is 0.686. The Morgan fingerprint density at radius 3 is 2.29 bits per heavy atom. The molecule has 0 aromatic carbocycles. The highest BCUT2D eigenvalue weighted by atomic mass is 16.7. The van der Waals surface area contributed by atoms with Crippen LogP contribution in [0.15, 0.2) is 0 Å². The van der Waals surface area contributed by atoms with Gasteiger partial charge in [0.05, 0.1) is 13.2 Å². The van der Waals surface area contributed by atoms with Gasteiger partial charge in [0.25, 0.3) is 0 Å². The summed E-state index contributed by atoms with van der Waals surface area (Å²) in [5, 5.41) is 0. The molecule has 0 amide bonds. The van der Waals surface area contributed by atoms with Crippen molar-refractivity contribution in [3.05, 3.63) is 0 Å². The van der Waals surface area contributed by atoms with Gasteiger partial charge in [-0.05, 0) is 33.6 Å². The van der Waals surface area contributed by atoms with E-state index in [0.717, 1.165) is 19.3 Å². The Morgan fingerprint density at radius 2 is 1.82 bits per heavy atom. The lowest BCUT2D eigenvalue weighted by atomic mass is 9.92. The summed E-state index contributed by atoms with van der Waals surface area (Å²) in [6.45, 7) is 6.28. The van der Waals surface area contributed by atoms with Crippen molar-refractivity contribution in [3.63, 3.8) is 0 Å². The maximum atomic E-state index is 11.4. The minimum Gasteiger partial charge on any atom is -0.348 e. The molecule has 0 spiro atoms. The Bertz CT molecular complexity index is 279. The molecule has 17 heavy (non-hydrogen) atoms. The fraction of sp³-hybridized carbons (Fsp3) is 0.846. The normalized spacial score (nSPS) is 20.2. The third-order valence-electron chi connectivity index (χ3n) is 3.19. The van der Waals surface area contributed by atoms with Gasteiger partial charge in [-0.15, -0.1) is 0 Å². The molecule has 0 saturated carbocycles. The standard InChI is InChI=1S/C13H22O4/c1-10(14)9-12(11(2)15)5-4-6-13(3)16-7-8-17-13/h12H,4-9H2,1-3H3. The topological polar surface area (TPSA) is 52.6 Å². The highest BCUT2D eigenvalue weighted by molar-refractivity contribution is 5.85. The van der Waals surface area contributed by atoms with E-state index in [1.165, 1.54) is 6.92 Å². The summed E-state index contributed by atoms with van der Waals surface area (Å²) in [4.78, 5) is 22.4. The van der Waals surface area contributed by atoms with Gasteiger partial charge >= 0.3 is 0 Å². The number of ketones is 2. The molecule has 1 atom stereocenters. The molecule has 1 unspecified atom stereocenters. The van der Waals surface area contributed by atoms with Crippen LogP contribution in [-0.4, -0.2) is 30.6 Å². The molecule has 1 heterocycles. The lowest BCUT2D eigenvalue weighted by Crippen LogP contribution is -2.26. The van der Waals surface area contributed by atoms with Crippen molar-refractivity contribution in [2.75, 3.05) is 13.2 Å². The van der Waals surface area contributed by atoms with Crippen LogP contribution in [0.25, 0.3) is 0 Å². The number of carbonyl (C=O) groups is 2. The van der Waals surface area contributed by atoms with Crippen LogP contribution in [0.2, 0.25) is 0 Å². The third kappa shape index (κ3) is 4.96. The number of hydrogen-bond acceptors (Lipinski definition) is 4. The van der Waals surface area contributed by atoms with E-state index in [1.807, 2.05) is 6.92 Å². The maximum absolute atomic E-state index is 11.4. The van der Waals surface area contributed by atoms with Crippen LogP contribution >= 0.6 is 0 Å². The number of ether oxygens (including phenoxy) is 2. The van der Waals surface area contributed by atoms with Crippen LogP contribution in [0, 0.1) is 5.92 Å². The van der Waals surface area contributed by atoms with Crippen molar-refractivity contribution in [2.45, 2.75) is 52.2 Å². The number of carbonyl (C=O) groups excluding carboxylic acids is 2. The van der Waals surface area contributed by atoms with Crippen LogP contribution in [0.5, 0.6) is 0 Å². The lowest BCUT2D eigenvalue weighted by molar-refractivity contribution is -0.148. The predicted molar refractivity (Wildman–Crippen MR) is 63.6 cm³/mol. The SMILES string of the molecule is CC(=O)CC(CCCC1(C)OCCO1)C(C)=O. The monoisotopic (exact) mass is 242 g/mol. The second-order valence-electron chi connectivity index (χ2n) is 4.94. The lowest BCUT2D eigenvalue weighted by Gasteiger charge is -2.23. The fourth-order valence-corrected chi connectivity index (χ4v) is 2.17. The zero-order valence-electron chi connectivity index (χ0n) is 11.0. The van der Waals surface area contributed by atoms with Crippen LogP contribution in [0.4, 0.5) is 0 Å². The number of hydrogen-bond donors (Lipinski definition) is 0. The van der Waals surface area contributed by atoms with Gasteiger partial charge in [-0.3, -0.25) is 4.79 Å². The Morgan fingerprint density at radius 1 is 1.24 bits per heavy atom. The molecule has 0 aromatic rings. The molecule has 1 aliphatic heterocycles. The molecule has 1 aliphatic rings. The van der Waals surface area contributed by atoms with Crippen LogP contribution in [0.1, 0.15) is 46.5 Å². The minimum atomic E-state index is -0.489. The van der Waals surface area contributed by atoms with Gasteiger partial charge in [0.1, 0.15) is 11.6 Å². The second kappa shape index (κ2) is 6.26. The average Bonchev–Trinajstić information content (AvgIpc) is 2.63. The molecule has 4 nitrogen and oxygen atoms in total. The minimum absolute atomic E-state index is 0.0739. The Balaban J connectivity index is 2.31. The molecule has 0 aliphatic carbocycles. The van der Waals surface area contributed by atoms with Crippen molar-refractivity contribution >= 4 is 11.6 Å². The van der Waals surface area contributed by atoms with E-state index in [1.54, 1.807) is 6.92 Å². The summed E-state index contributed by atoms with van der Waals surface area (Å²) in [5.74, 6) is -0.460. The molecule has 0 radical (unpaired) electrons. The first-order valence-corrected chi connectivity index (χ1v) is 6.21. The zero-order valence-corrected chi connectivity index (χ0v) is 11.0. The van der Waals surface area contributed by atoms with Gasteiger partial charge in [-0.25, -0.2) is 0 Å². The first kappa shape index (κ1) is 14.3. The highest BCUT2D eigenvalue weighted by Crippen LogP contribution is 2.26.